The normalized spacial score (nSPS) is 15.4. The Morgan fingerprint density at radius 2 is 2.09 bits per heavy atom. The molecule has 10 nitrogen and oxygen atoms in total. The number of rotatable bonds is 7. The minimum Gasteiger partial charge on any atom is -0.439 e. The highest BCUT2D eigenvalue weighted by Crippen LogP contribution is 2.24. The van der Waals surface area contributed by atoms with Gasteiger partial charge in [0.15, 0.2) is 5.82 Å². The van der Waals surface area contributed by atoms with Crippen LogP contribution in [0.1, 0.15) is 24.0 Å². The van der Waals surface area contributed by atoms with Gasteiger partial charge in [0.2, 0.25) is 11.8 Å². The molecule has 10 heteroatoms. The minimum atomic E-state index is -0.502. The highest BCUT2D eigenvalue weighted by Gasteiger charge is 2.26. The lowest BCUT2D eigenvalue weighted by molar-refractivity contribution is -0.127. The molecule has 1 aliphatic heterocycles. The number of benzene rings is 1. The largest absolute Gasteiger partial charge is 0.439 e. The number of nitrogens with zero attached hydrogens (tertiary/aromatic N) is 3. The molecule has 174 valence electrons. The second-order valence-corrected chi connectivity index (χ2v) is 7.84. The van der Waals surface area contributed by atoms with E-state index in [1.54, 1.807) is 17.0 Å². The molecular formula is C24H25N7O3. The highest BCUT2D eigenvalue weighted by atomic mass is 16.5. The Hall–Kier alpha value is -4.47. The lowest BCUT2D eigenvalue weighted by atomic mass is 10.0. The van der Waals surface area contributed by atoms with Crippen molar-refractivity contribution in [2.45, 2.75) is 18.9 Å². The maximum atomic E-state index is 12.7. The number of nitrogens with two attached hydrogens (primary N) is 1. The lowest BCUT2D eigenvalue weighted by Gasteiger charge is -2.33. The minimum absolute atomic E-state index is 0.00606. The molecule has 0 bridgehead atoms. The number of ether oxygens (including phenoxy) is 1. The number of nitrogens with one attached hydrogen (secondary N) is 3. The van der Waals surface area contributed by atoms with Gasteiger partial charge in [-0.2, -0.15) is 5.10 Å². The van der Waals surface area contributed by atoms with E-state index in [2.05, 4.69) is 27.1 Å². The van der Waals surface area contributed by atoms with Crippen LogP contribution in [-0.2, 0) is 4.79 Å². The molecule has 2 aromatic heterocycles. The third kappa shape index (κ3) is 4.96. The molecule has 1 atom stereocenters. The predicted molar refractivity (Wildman–Crippen MR) is 129 cm³/mol. The SMILES string of the molecule is C=CC(=O)N1CCCC(Nc2c(C(=N)c3ccc(Oc4ccccc4)nc3)c(N)n[nH]c2=O)C1. The van der Waals surface area contributed by atoms with Crippen molar-refractivity contribution < 1.29 is 9.53 Å². The number of para-hydroxylation sites is 1. The van der Waals surface area contributed by atoms with Crippen LogP contribution in [0, 0.1) is 5.41 Å². The van der Waals surface area contributed by atoms with Crippen LogP contribution in [0.15, 0.2) is 66.1 Å². The zero-order chi connectivity index (χ0) is 24.1. The summed E-state index contributed by atoms with van der Waals surface area (Å²) in [7, 11) is 0. The first-order chi connectivity index (χ1) is 16.5. The van der Waals surface area contributed by atoms with Gasteiger partial charge in [0.05, 0.1) is 11.3 Å². The first-order valence-corrected chi connectivity index (χ1v) is 10.8. The highest BCUT2D eigenvalue weighted by molar-refractivity contribution is 6.16. The van der Waals surface area contributed by atoms with E-state index in [0.29, 0.717) is 30.3 Å². The number of carbonyl (C=O) groups is 1. The van der Waals surface area contributed by atoms with E-state index in [9.17, 15) is 9.59 Å². The topological polar surface area (TPSA) is 150 Å². The summed E-state index contributed by atoms with van der Waals surface area (Å²) in [5.74, 6) is 0.856. The Labute approximate surface area is 196 Å². The van der Waals surface area contributed by atoms with E-state index < -0.39 is 5.56 Å². The molecule has 1 aliphatic rings. The molecule has 1 aromatic carbocycles. The van der Waals surface area contributed by atoms with E-state index in [1.807, 2.05) is 30.3 Å². The fourth-order valence-corrected chi connectivity index (χ4v) is 3.83. The van der Waals surface area contributed by atoms with Crippen molar-refractivity contribution in [1.82, 2.24) is 20.1 Å². The van der Waals surface area contributed by atoms with E-state index in [1.165, 1.54) is 12.3 Å². The zero-order valence-corrected chi connectivity index (χ0v) is 18.5. The average molecular weight is 460 g/mol. The molecule has 1 saturated heterocycles. The Balaban J connectivity index is 1.57. The van der Waals surface area contributed by atoms with Crippen LogP contribution in [0.2, 0.25) is 0 Å². The van der Waals surface area contributed by atoms with Crippen LogP contribution in [-0.4, -0.2) is 50.8 Å². The van der Waals surface area contributed by atoms with Crippen molar-refractivity contribution in [2.75, 3.05) is 24.1 Å². The fourth-order valence-electron chi connectivity index (χ4n) is 3.83. The number of hydrogen-bond donors (Lipinski definition) is 4. The van der Waals surface area contributed by atoms with Crippen molar-refractivity contribution in [1.29, 1.82) is 5.41 Å². The molecule has 0 radical (unpaired) electrons. The number of hydrogen-bond acceptors (Lipinski definition) is 8. The van der Waals surface area contributed by atoms with Gasteiger partial charge in [-0.25, -0.2) is 10.1 Å². The van der Waals surface area contributed by atoms with Gasteiger partial charge in [-0.05, 0) is 37.1 Å². The summed E-state index contributed by atoms with van der Waals surface area (Å²) in [4.78, 5) is 30.6. The second-order valence-electron chi connectivity index (χ2n) is 7.84. The van der Waals surface area contributed by atoms with Gasteiger partial charge >= 0.3 is 0 Å². The molecule has 3 heterocycles. The van der Waals surface area contributed by atoms with Crippen LogP contribution >= 0.6 is 0 Å². The van der Waals surface area contributed by atoms with Crippen LogP contribution in [0.25, 0.3) is 0 Å². The fraction of sp³-hybridized carbons (Fsp3) is 0.208. The summed E-state index contributed by atoms with van der Waals surface area (Å²) in [5.41, 5.74) is 6.32. The molecule has 1 unspecified atom stereocenters. The molecule has 0 aliphatic carbocycles. The molecular weight excluding hydrogens is 434 g/mol. The third-order valence-electron chi connectivity index (χ3n) is 5.51. The second kappa shape index (κ2) is 9.99. The Kier molecular flexibility index (Phi) is 6.67. The van der Waals surface area contributed by atoms with Crippen molar-refractivity contribution in [2.24, 2.45) is 0 Å². The Morgan fingerprint density at radius 3 is 2.79 bits per heavy atom. The summed E-state index contributed by atoms with van der Waals surface area (Å²) >= 11 is 0. The van der Waals surface area contributed by atoms with Gasteiger partial charge in [-0.3, -0.25) is 15.0 Å². The number of aromatic amines is 1. The number of nitrogen functional groups attached to an aromatic ring is 1. The van der Waals surface area contributed by atoms with Crippen molar-refractivity contribution in [3.63, 3.8) is 0 Å². The molecule has 34 heavy (non-hydrogen) atoms. The smallest absolute Gasteiger partial charge is 0.288 e. The van der Waals surface area contributed by atoms with Gasteiger partial charge in [-0.1, -0.05) is 24.8 Å². The molecule has 0 spiro atoms. The zero-order valence-electron chi connectivity index (χ0n) is 18.5. The maximum Gasteiger partial charge on any atom is 0.288 e. The maximum absolute atomic E-state index is 12.7. The van der Waals surface area contributed by atoms with Gasteiger partial charge in [0.1, 0.15) is 11.4 Å². The number of H-pyrrole nitrogens is 1. The van der Waals surface area contributed by atoms with Crippen LogP contribution in [0.4, 0.5) is 11.5 Å². The number of anilines is 2. The van der Waals surface area contributed by atoms with Crippen LogP contribution in [0.3, 0.4) is 0 Å². The van der Waals surface area contributed by atoms with Crippen molar-refractivity contribution in [3.05, 3.63) is 82.8 Å². The number of pyridine rings is 1. The summed E-state index contributed by atoms with van der Waals surface area (Å²) in [6.07, 6.45) is 4.28. The van der Waals surface area contributed by atoms with E-state index in [-0.39, 0.29) is 34.7 Å². The summed E-state index contributed by atoms with van der Waals surface area (Å²) in [5, 5.41) is 18.1. The van der Waals surface area contributed by atoms with Gasteiger partial charge in [-0.15, -0.1) is 0 Å². The number of piperidine rings is 1. The molecule has 3 aromatic rings. The van der Waals surface area contributed by atoms with E-state index in [0.717, 1.165) is 12.8 Å². The molecule has 0 saturated carbocycles. The number of likely N-dealkylation sites (tertiary alicyclic amines) is 1. The number of aromatic nitrogens is 3. The van der Waals surface area contributed by atoms with Crippen LogP contribution < -0.4 is 21.3 Å². The number of carbonyl (C=O) groups excluding carboxylic acids is 1. The van der Waals surface area contributed by atoms with Gasteiger partial charge < -0.3 is 20.7 Å². The van der Waals surface area contributed by atoms with E-state index in [4.69, 9.17) is 15.9 Å². The molecule has 4 rings (SSSR count). The summed E-state index contributed by atoms with van der Waals surface area (Å²) < 4.78 is 5.70. The van der Waals surface area contributed by atoms with Crippen LogP contribution in [0.5, 0.6) is 11.6 Å². The molecule has 1 fully saturated rings. The Morgan fingerprint density at radius 1 is 1.29 bits per heavy atom. The van der Waals surface area contributed by atoms with Crippen molar-refractivity contribution in [3.8, 4) is 11.6 Å². The number of amides is 1. The van der Waals surface area contributed by atoms with Gasteiger partial charge in [0, 0.05) is 37.0 Å². The first-order valence-electron chi connectivity index (χ1n) is 10.8. The quantitative estimate of drug-likeness (QED) is 0.313. The third-order valence-corrected chi connectivity index (χ3v) is 5.51. The molecule has 5 N–H and O–H groups in total. The Bertz CT molecular complexity index is 1260. The molecule has 1 amide bonds. The average Bonchev–Trinajstić information content (AvgIpc) is 2.87. The van der Waals surface area contributed by atoms with Crippen molar-refractivity contribution >= 4 is 23.1 Å². The summed E-state index contributed by atoms with van der Waals surface area (Å²) in [6, 6.07) is 12.3. The predicted octanol–water partition coefficient (Wildman–Crippen LogP) is 2.54. The summed E-state index contributed by atoms with van der Waals surface area (Å²) in [6.45, 7) is 4.57. The monoisotopic (exact) mass is 459 g/mol. The lowest BCUT2D eigenvalue weighted by Crippen LogP contribution is -2.45. The first kappa shape index (κ1) is 22.7. The van der Waals surface area contributed by atoms with E-state index >= 15 is 0 Å². The standard InChI is InChI=1S/C24H25N7O3/c1-2-19(32)31-12-6-7-16(14-31)28-22-20(23(26)29-30-24(22)33)21(25)15-10-11-18(27-13-15)34-17-8-4-3-5-9-17/h2-5,8-11,13,16,25H,1,6-7,12,14H2,(H,30,33)(H3,26,28,29). The van der Waals surface area contributed by atoms with Gasteiger partial charge in [0.25, 0.3) is 5.56 Å².